The number of rotatable bonds is 8. The topological polar surface area (TPSA) is 84.8 Å². The molecular weight excluding hydrogens is 507 g/mol. The fourth-order valence-corrected chi connectivity index (χ4v) is 2.73. The van der Waals surface area contributed by atoms with E-state index in [2.05, 4.69) is 36.4 Å². The van der Waals surface area contributed by atoms with Gasteiger partial charge in [0.25, 0.3) is 0 Å². The van der Waals surface area contributed by atoms with Crippen LogP contribution in [0.1, 0.15) is 43.7 Å². The van der Waals surface area contributed by atoms with Gasteiger partial charge in [0.05, 0.1) is 32.7 Å². The van der Waals surface area contributed by atoms with E-state index < -0.39 is 0 Å². The van der Waals surface area contributed by atoms with Crippen molar-refractivity contribution in [2.75, 3.05) is 13.7 Å². The van der Waals surface area contributed by atoms with Crippen molar-refractivity contribution in [3.63, 3.8) is 0 Å². The summed E-state index contributed by atoms with van der Waals surface area (Å²) in [7, 11) is 1.66. The first kappa shape index (κ1) is 24.8. The quantitative estimate of drug-likeness (QED) is 0.247. The number of aliphatic imine (C=N–C) groups is 1. The number of hydrogen-bond donors (Lipinski definition) is 2. The highest BCUT2D eigenvalue weighted by Gasteiger charge is 2.19. The van der Waals surface area contributed by atoms with Gasteiger partial charge < -0.3 is 24.2 Å². The molecule has 0 unspecified atom stereocenters. The number of nitrogens with zero attached hydrogens (tertiary/aromatic N) is 2. The predicted molar refractivity (Wildman–Crippen MR) is 132 cm³/mol. The maximum absolute atomic E-state index is 5.86. The van der Waals surface area contributed by atoms with Crippen molar-refractivity contribution >= 4 is 29.9 Å². The molecule has 2 N–H and O–H groups in total. The van der Waals surface area contributed by atoms with Crippen LogP contribution in [-0.2, 0) is 24.9 Å². The van der Waals surface area contributed by atoms with E-state index in [-0.39, 0.29) is 29.4 Å². The lowest BCUT2D eigenvalue weighted by atomic mass is 9.94. The standard InChI is InChI=1S/C23H30N4O3.HI/c1-23(2,3)20-15-25-21(30-20)16-27-22(24-12-11-19-6-5-13-29-19)26-14-17-7-9-18(28-4)10-8-17;/h5-10,13,15H,11-12,14,16H2,1-4H3,(H2,24,26,27);1H. The third-order valence-corrected chi connectivity index (χ3v) is 4.52. The summed E-state index contributed by atoms with van der Waals surface area (Å²) in [6.07, 6.45) is 4.24. The fraction of sp³-hybridized carbons (Fsp3) is 0.391. The number of guanidine groups is 1. The number of aromatic nitrogens is 1. The van der Waals surface area contributed by atoms with Gasteiger partial charge in [-0.25, -0.2) is 9.98 Å². The summed E-state index contributed by atoms with van der Waals surface area (Å²) in [5.74, 6) is 3.94. The summed E-state index contributed by atoms with van der Waals surface area (Å²) in [5.41, 5.74) is 1.02. The van der Waals surface area contributed by atoms with Crippen molar-refractivity contribution in [3.8, 4) is 5.75 Å². The van der Waals surface area contributed by atoms with Gasteiger partial charge in [-0.15, -0.1) is 24.0 Å². The van der Waals surface area contributed by atoms with Gasteiger partial charge >= 0.3 is 0 Å². The highest BCUT2D eigenvalue weighted by molar-refractivity contribution is 14.0. The molecule has 0 atom stereocenters. The molecule has 3 rings (SSSR count). The van der Waals surface area contributed by atoms with E-state index in [0.717, 1.165) is 29.3 Å². The van der Waals surface area contributed by atoms with Crippen LogP contribution in [0.4, 0.5) is 0 Å². The monoisotopic (exact) mass is 538 g/mol. The number of ether oxygens (including phenoxy) is 1. The Morgan fingerprint density at radius 2 is 1.90 bits per heavy atom. The Morgan fingerprint density at radius 1 is 1.13 bits per heavy atom. The van der Waals surface area contributed by atoms with Gasteiger partial charge in [0.1, 0.15) is 17.3 Å². The molecule has 0 aliphatic heterocycles. The maximum Gasteiger partial charge on any atom is 0.213 e. The zero-order valence-corrected chi connectivity index (χ0v) is 20.8. The highest BCUT2D eigenvalue weighted by Crippen LogP contribution is 2.22. The Bertz CT molecular complexity index is 929. The Balaban J connectivity index is 0.00000341. The SMILES string of the molecule is COc1ccc(CN=C(NCCc2ccco2)NCc2ncc(C(C)(C)C)o2)cc1.I. The summed E-state index contributed by atoms with van der Waals surface area (Å²) >= 11 is 0. The molecular formula is C23H31IN4O3. The summed E-state index contributed by atoms with van der Waals surface area (Å²) in [6.45, 7) is 7.99. The first-order chi connectivity index (χ1) is 14.4. The van der Waals surface area contributed by atoms with Gasteiger partial charge in [-0.3, -0.25) is 0 Å². The van der Waals surface area contributed by atoms with Gasteiger partial charge in [-0.1, -0.05) is 32.9 Å². The van der Waals surface area contributed by atoms with Crippen LogP contribution < -0.4 is 15.4 Å². The molecule has 0 saturated carbocycles. The minimum atomic E-state index is -0.0716. The molecule has 0 saturated heterocycles. The average molecular weight is 538 g/mol. The second-order valence-electron chi connectivity index (χ2n) is 7.99. The molecule has 1 aromatic carbocycles. The molecule has 0 radical (unpaired) electrons. The maximum atomic E-state index is 5.86. The van der Waals surface area contributed by atoms with E-state index in [0.29, 0.717) is 31.5 Å². The van der Waals surface area contributed by atoms with Gasteiger partial charge in [-0.2, -0.15) is 0 Å². The Kier molecular flexibility index (Phi) is 9.42. The molecule has 31 heavy (non-hydrogen) atoms. The molecule has 168 valence electrons. The van der Waals surface area contributed by atoms with Crippen LogP contribution in [0.2, 0.25) is 0 Å². The highest BCUT2D eigenvalue weighted by atomic mass is 127. The second kappa shape index (κ2) is 11.8. The molecule has 2 aromatic heterocycles. The van der Waals surface area contributed by atoms with Crippen LogP contribution >= 0.6 is 24.0 Å². The first-order valence-corrected chi connectivity index (χ1v) is 10.1. The third kappa shape index (κ3) is 7.93. The van der Waals surface area contributed by atoms with Gasteiger partial charge in [0.2, 0.25) is 5.89 Å². The minimum Gasteiger partial charge on any atom is -0.497 e. The van der Waals surface area contributed by atoms with Crippen LogP contribution in [0.3, 0.4) is 0 Å². The molecule has 0 aliphatic carbocycles. The number of halogens is 1. The van der Waals surface area contributed by atoms with E-state index in [4.69, 9.17) is 18.6 Å². The zero-order valence-electron chi connectivity index (χ0n) is 18.5. The molecule has 0 fully saturated rings. The van der Waals surface area contributed by atoms with Crippen LogP contribution in [0.25, 0.3) is 0 Å². The summed E-state index contributed by atoms with van der Waals surface area (Å²) in [5, 5.41) is 6.64. The van der Waals surface area contributed by atoms with Crippen LogP contribution in [0.5, 0.6) is 5.75 Å². The summed E-state index contributed by atoms with van der Waals surface area (Å²) in [4.78, 5) is 9.06. The Hall–Kier alpha value is -2.49. The molecule has 0 aliphatic rings. The van der Waals surface area contributed by atoms with E-state index in [9.17, 15) is 0 Å². The first-order valence-electron chi connectivity index (χ1n) is 10.1. The predicted octanol–water partition coefficient (Wildman–Crippen LogP) is 4.67. The molecule has 0 spiro atoms. The number of furan rings is 1. The van der Waals surface area contributed by atoms with Crippen molar-refractivity contribution in [1.82, 2.24) is 15.6 Å². The fourth-order valence-electron chi connectivity index (χ4n) is 2.73. The smallest absolute Gasteiger partial charge is 0.213 e. The van der Waals surface area contributed by atoms with Crippen LogP contribution in [-0.4, -0.2) is 24.6 Å². The van der Waals surface area contributed by atoms with Crippen molar-refractivity contribution in [2.45, 2.75) is 45.7 Å². The van der Waals surface area contributed by atoms with Gasteiger partial charge in [-0.05, 0) is 29.8 Å². The Morgan fingerprint density at radius 3 is 2.52 bits per heavy atom. The van der Waals surface area contributed by atoms with Gasteiger partial charge in [0, 0.05) is 18.4 Å². The minimum absolute atomic E-state index is 0. The van der Waals surface area contributed by atoms with Crippen molar-refractivity contribution in [3.05, 3.63) is 71.8 Å². The van der Waals surface area contributed by atoms with E-state index >= 15 is 0 Å². The number of hydrogen-bond acceptors (Lipinski definition) is 5. The van der Waals surface area contributed by atoms with Crippen molar-refractivity contribution < 1.29 is 13.6 Å². The number of nitrogens with one attached hydrogen (secondary N) is 2. The number of benzene rings is 1. The van der Waals surface area contributed by atoms with E-state index in [1.807, 2.05) is 36.4 Å². The molecule has 8 heteroatoms. The lowest BCUT2D eigenvalue weighted by Gasteiger charge is -2.13. The number of oxazole rings is 1. The van der Waals surface area contributed by atoms with Crippen molar-refractivity contribution in [1.29, 1.82) is 0 Å². The van der Waals surface area contributed by atoms with Crippen molar-refractivity contribution in [2.24, 2.45) is 4.99 Å². The van der Waals surface area contributed by atoms with E-state index in [1.165, 1.54) is 0 Å². The van der Waals surface area contributed by atoms with Gasteiger partial charge in [0.15, 0.2) is 5.96 Å². The summed E-state index contributed by atoms with van der Waals surface area (Å²) in [6, 6.07) is 11.7. The molecule has 3 aromatic rings. The molecule has 0 bridgehead atoms. The lowest BCUT2D eigenvalue weighted by molar-refractivity contribution is 0.379. The largest absolute Gasteiger partial charge is 0.497 e. The molecule has 2 heterocycles. The third-order valence-electron chi connectivity index (χ3n) is 4.52. The molecule has 7 nitrogen and oxygen atoms in total. The summed E-state index contributed by atoms with van der Waals surface area (Å²) < 4.78 is 16.5. The number of methoxy groups -OCH3 is 1. The Labute approximate surface area is 200 Å². The van der Waals surface area contributed by atoms with Crippen LogP contribution in [0, 0.1) is 0 Å². The van der Waals surface area contributed by atoms with Crippen LogP contribution in [0.15, 0.2) is 62.7 Å². The zero-order chi connectivity index (χ0) is 21.4. The normalized spacial score (nSPS) is 11.7. The average Bonchev–Trinajstić information content (AvgIpc) is 3.42. The lowest BCUT2D eigenvalue weighted by Crippen LogP contribution is -2.38. The second-order valence-corrected chi connectivity index (χ2v) is 7.99. The van der Waals surface area contributed by atoms with E-state index in [1.54, 1.807) is 19.6 Å². The molecule has 0 amide bonds.